The molecule has 1 heterocycles. The third-order valence-electron chi connectivity index (χ3n) is 4.07. The van der Waals surface area contributed by atoms with E-state index in [-0.39, 0.29) is 16.7 Å². The van der Waals surface area contributed by atoms with Crippen LogP contribution in [-0.2, 0) is 0 Å². The Labute approximate surface area is 136 Å². The van der Waals surface area contributed by atoms with Crippen molar-refractivity contribution >= 4 is 5.69 Å². The Morgan fingerprint density at radius 2 is 1.96 bits per heavy atom. The van der Waals surface area contributed by atoms with Crippen molar-refractivity contribution in [3.63, 3.8) is 0 Å². The first-order valence-electron chi connectivity index (χ1n) is 7.58. The molecule has 1 N–H and O–H groups in total. The maximum atomic E-state index is 11.5. The van der Waals surface area contributed by atoms with Crippen LogP contribution in [0, 0.1) is 10.1 Å². The maximum Gasteiger partial charge on any atom is 0.278 e. The number of nitro groups is 1. The predicted molar refractivity (Wildman–Crippen MR) is 88.2 cm³/mol. The fourth-order valence-electron chi connectivity index (χ4n) is 2.93. The van der Waals surface area contributed by atoms with Gasteiger partial charge in [0.05, 0.1) is 30.8 Å². The first kappa shape index (κ1) is 17.2. The Morgan fingerprint density at radius 3 is 2.48 bits per heavy atom. The molecule has 0 unspecified atom stereocenters. The van der Waals surface area contributed by atoms with Gasteiger partial charge in [-0.3, -0.25) is 15.0 Å². The highest BCUT2D eigenvalue weighted by atomic mass is 16.6. The molecule has 0 bridgehead atoms. The molecule has 1 aromatic carbocycles. The summed E-state index contributed by atoms with van der Waals surface area (Å²) in [5.41, 5.74) is 0.683. The lowest BCUT2D eigenvalue weighted by molar-refractivity contribution is -0.386. The number of nitrogens with zero attached hydrogens (tertiary/aromatic N) is 2. The van der Waals surface area contributed by atoms with Crippen LogP contribution < -0.4 is 14.8 Å². The quantitative estimate of drug-likeness (QED) is 0.471. The van der Waals surface area contributed by atoms with Gasteiger partial charge in [0.25, 0.3) is 5.69 Å². The summed E-state index contributed by atoms with van der Waals surface area (Å²) in [5, 5.41) is 14.8. The standard InChI is InChI=1S/C16H23N3O4/c1-4-5-13(18-8-6-17-7-9-18)12-10-15(22-2)16(23-3)11-14(12)19(20)21/h4,10-11,13,17H,1,5-9H2,2-3H3/t13-/m0/s1. The molecular formula is C16H23N3O4. The van der Waals surface area contributed by atoms with Gasteiger partial charge in [-0.05, 0) is 12.5 Å². The average molecular weight is 321 g/mol. The van der Waals surface area contributed by atoms with Gasteiger partial charge in [-0.2, -0.15) is 0 Å². The topological polar surface area (TPSA) is 76.9 Å². The number of nitro benzene ring substituents is 1. The Bertz CT molecular complexity index is 571. The molecule has 2 rings (SSSR count). The Kier molecular flexibility index (Phi) is 5.95. The lowest BCUT2D eigenvalue weighted by Gasteiger charge is -2.34. The van der Waals surface area contributed by atoms with E-state index in [1.165, 1.54) is 20.3 Å². The summed E-state index contributed by atoms with van der Waals surface area (Å²) in [6.07, 6.45) is 2.43. The van der Waals surface area contributed by atoms with Crippen LogP contribution in [0.25, 0.3) is 0 Å². The fraction of sp³-hybridized carbons (Fsp3) is 0.500. The highest BCUT2D eigenvalue weighted by Gasteiger charge is 2.29. The van der Waals surface area contributed by atoms with Crippen LogP contribution >= 0.6 is 0 Å². The van der Waals surface area contributed by atoms with Crippen molar-refractivity contribution in [2.24, 2.45) is 0 Å². The lowest BCUT2D eigenvalue weighted by Crippen LogP contribution is -2.45. The van der Waals surface area contributed by atoms with Crippen molar-refractivity contribution in [2.45, 2.75) is 12.5 Å². The number of hydrogen-bond acceptors (Lipinski definition) is 6. The first-order valence-corrected chi connectivity index (χ1v) is 7.58. The van der Waals surface area contributed by atoms with Crippen LogP contribution in [0.5, 0.6) is 11.5 Å². The van der Waals surface area contributed by atoms with Crippen LogP contribution in [0.3, 0.4) is 0 Å². The molecular weight excluding hydrogens is 298 g/mol. The van der Waals surface area contributed by atoms with Gasteiger partial charge in [-0.15, -0.1) is 6.58 Å². The van der Waals surface area contributed by atoms with E-state index in [4.69, 9.17) is 9.47 Å². The van der Waals surface area contributed by atoms with Crippen molar-refractivity contribution in [2.75, 3.05) is 40.4 Å². The first-order chi connectivity index (χ1) is 11.1. The van der Waals surface area contributed by atoms with Crippen molar-refractivity contribution in [3.05, 3.63) is 40.5 Å². The van der Waals surface area contributed by atoms with Gasteiger partial charge in [0.1, 0.15) is 0 Å². The van der Waals surface area contributed by atoms with Gasteiger partial charge in [-0.25, -0.2) is 0 Å². The SMILES string of the molecule is C=CC[C@@H](c1cc(OC)c(OC)cc1[N+](=O)[O-])N1CCNCC1. The summed E-state index contributed by atoms with van der Waals surface area (Å²) in [7, 11) is 3.00. The number of nitrogens with one attached hydrogen (secondary N) is 1. The third-order valence-corrected chi connectivity index (χ3v) is 4.07. The second kappa shape index (κ2) is 7.94. The molecule has 0 aliphatic carbocycles. The van der Waals surface area contributed by atoms with Crippen LogP contribution in [-0.4, -0.2) is 50.2 Å². The third kappa shape index (κ3) is 3.80. The van der Waals surface area contributed by atoms with Gasteiger partial charge in [0.2, 0.25) is 0 Å². The largest absolute Gasteiger partial charge is 0.493 e. The fourth-order valence-corrected chi connectivity index (χ4v) is 2.93. The highest BCUT2D eigenvalue weighted by Crippen LogP contribution is 2.40. The van der Waals surface area contributed by atoms with E-state index in [2.05, 4.69) is 16.8 Å². The molecule has 0 radical (unpaired) electrons. The molecule has 1 aromatic rings. The smallest absolute Gasteiger partial charge is 0.278 e. The van der Waals surface area contributed by atoms with Gasteiger partial charge < -0.3 is 14.8 Å². The lowest BCUT2D eigenvalue weighted by atomic mass is 9.98. The molecule has 0 spiro atoms. The number of piperazine rings is 1. The average Bonchev–Trinajstić information content (AvgIpc) is 2.59. The van der Waals surface area contributed by atoms with Crippen molar-refractivity contribution in [3.8, 4) is 11.5 Å². The summed E-state index contributed by atoms with van der Waals surface area (Å²) in [4.78, 5) is 13.4. The summed E-state index contributed by atoms with van der Waals surface area (Å²) in [5.74, 6) is 0.859. The summed E-state index contributed by atoms with van der Waals surface area (Å²) in [6, 6.07) is 3.05. The number of benzene rings is 1. The second-order valence-corrected chi connectivity index (χ2v) is 5.35. The van der Waals surface area contributed by atoms with Crippen molar-refractivity contribution in [1.82, 2.24) is 10.2 Å². The zero-order chi connectivity index (χ0) is 16.8. The molecule has 1 aliphatic heterocycles. The number of hydrogen-bond donors (Lipinski definition) is 1. The van der Waals surface area contributed by atoms with Gasteiger partial charge >= 0.3 is 0 Å². The predicted octanol–water partition coefficient (Wildman–Crippen LogP) is 2.13. The van der Waals surface area contributed by atoms with Gasteiger partial charge in [0, 0.05) is 32.2 Å². The van der Waals surface area contributed by atoms with Crippen LogP contribution in [0.15, 0.2) is 24.8 Å². The highest BCUT2D eigenvalue weighted by molar-refractivity contribution is 5.55. The minimum Gasteiger partial charge on any atom is -0.493 e. The number of ether oxygens (including phenoxy) is 2. The van der Waals surface area contributed by atoms with E-state index in [1.54, 1.807) is 12.1 Å². The summed E-state index contributed by atoms with van der Waals surface area (Å²) in [6.45, 7) is 7.22. The van der Waals surface area contributed by atoms with Gasteiger partial charge in [0.15, 0.2) is 11.5 Å². The zero-order valence-corrected chi connectivity index (χ0v) is 13.6. The van der Waals surface area contributed by atoms with E-state index < -0.39 is 0 Å². The van der Waals surface area contributed by atoms with E-state index >= 15 is 0 Å². The molecule has 1 saturated heterocycles. The number of methoxy groups -OCH3 is 2. The van der Waals surface area contributed by atoms with E-state index in [9.17, 15) is 10.1 Å². The molecule has 0 amide bonds. The monoisotopic (exact) mass is 321 g/mol. The van der Waals surface area contributed by atoms with Gasteiger partial charge in [-0.1, -0.05) is 6.08 Å². The Balaban J connectivity index is 2.50. The minimum atomic E-state index is -0.365. The van der Waals surface area contributed by atoms with Crippen molar-refractivity contribution < 1.29 is 14.4 Å². The van der Waals surface area contributed by atoms with Crippen LogP contribution in [0.1, 0.15) is 18.0 Å². The normalized spacial score (nSPS) is 16.6. The van der Waals surface area contributed by atoms with E-state index in [0.29, 0.717) is 23.5 Å². The molecule has 126 valence electrons. The maximum absolute atomic E-state index is 11.5. The molecule has 1 aliphatic rings. The summed E-state index contributed by atoms with van der Waals surface area (Å²) >= 11 is 0. The molecule has 0 saturated carbocycles. The minimum absolute atomic E-state index is 0.0491. The Hall–Kier alpha value is -2.12. The van der Waals surface area contributed by atoms with Crippen LogP contribution in [0.4, 0.5) is 5.69 Å². The van der Waals surface area contributed by atoms with E-state index in [1.807, 2.05) is 0 Å². The number of rotatable bonds is 7. The van der Waals surface area contributed by atoms with E-state index in [0.717, 1.165) is 26.2 Å². The van der Waals surface area contributed by atoms with Crippen molar-refractivity contribution in [1.29, 1.82) is 0 Å². The second-order valence-electron chi connectivity index (χ2n) is 5.35. The van der Waals surface area contributed by atoms with Crippen LogP contribution in [0.2, 0.25) is 0 Å². The molecule has 7 heteroatoms. The molecule has 0 aromatic heterocycles. The molecule has 23 heavy (non-hydrogen) atoms. The molecule has 1 fully saturated rings. The Morgan fingerprint density at radius 1 is 1.35 bits per heavy atom. The molecule has 1 atom stereocenters. The summed E-state index contributed by atoms with van der Waals surface area (Å²) < 4.78 is 10.5. The molecule has 7 nitrogen and oxygen atoms in total. The zero-order valence-electron chi connectivity index (χ0n) is 13.6.